The van der Waals surface area contributed by atoms with Gasteiger partial charge in [0, 0.05) is 11.6 Å². The molecule has 0 saturated carbocycles. The van der Waals surface area contributed by atoms with Gasteiger partial charge in [-0.2, -0.15) is 4.99 Å². The summed E-state index contributed by atoms with van der Waals surface area (Å²) < 4.78 is 11.3. The minimum atomic E-state index is -0.126. The molecule has 8 heteroatoms. The van der Waals surface area contributed by atoms with E-state index in [0.29, 0.717) is 33.3 Å². The molecule has 32 heavy (non-hydrogen) atoms. The molecular formula is C24H23N3O3S2. The number of thioether (sulfide) groups is 1. The van der Waals surface area contributed by atoms with Gasteiger partial charge in [-0.05, 0) is 54.1 Å². The molecule has 3 aromatic rings. The largest absolute Gasteiger partial charge is 0.493 e. The Hall–Kier alpha value is -3.10. The summed E-state index contributed by atoms with van der Waals surface area (Å²) in [6, 6.07) is 15.2. The van der Waals surface area contributed by atoms with Crippen molar-refractivity contribution in [1.29, 1.82) is 0 Å². The first-order valence-corrected chi connectivity index (χ1v) is 12.0. The molecule has 164 valence electrons. The van der Waals surface area contributed by atoms with Crippen molar-refractivity contribution in [1.82, 2.24) is 4.98 Å². The van der Waals surface area contributed by atoms with Gasteiger partial charge >= 0.3 is 0 Å². The van der Waals surface area contributed by atoms with E-state index in [1.807, 2.05) is 60.0 Å². The van der Waals surface area contributed by atoms with Crippen LogP contribution in [-0.2, 0) is 4.79 Å². The Morgan fingerprint density at radius 3 is 2.72 bits per heavy atom. The number of ether oxygens (including phenoxy) is 2. The first-order chi connectivity index (χ1) is 15.7. The highest BCUT2D eigenvalue weighted by Gasteiger charge is 2.35. The minimum Gasteiger partial charge on any atom is -0.493 e. The summed E-state index contributed by atoms with van der Waals surface area (Å²) in [6.07, 6.45) is 5.60. The fourth-order valence-electron chi connectivity index (χ4n) is 3.08. The number of amides is 1. The van der Waals surface area contributed by atoms with Crippen LogP contribution in [0.4, 0.5) is 10.8 Å². The molecule has 0 spiro atoms. The number of carbonyl (C=O) groups is 1. The van der Waals surface area contributed by atoms with Crippen LogP contribution >= 0.6 is 23.1 Å². The number of hydrogen-bond donors (Lipinski definition) is 0. The molecule has 4 rings (SSSR count). The smallest absolute Gasteiger partial charge is 0.271 e. The number of nitrogens with zero attached hydrogens (tertiary/aromatic N) is 3. The predicted octanol–water partition coefficient (Wildman–Crippen LogP) is 6.14. The van der Waals surface area contributed by atoms with Crippen molar-refractivity contribution >= 4 is 51.1 Å². The topological polar surface area (TPSA) is 64.0 Å². The number of anilines is 1. The molecule has 1 saturated heterocycles. The second-order valence-corrected chi connectivity index (χ2v) is 8.79. The van der Waals surface area contributed by atoms with Crippen LogP contribution < -0.4 is 14.4 Å². The van der Waals surface area contributed by atoms with Crippen LogP contribution in [0.5, 0.6) is 11.5 Å². The molecule has 1 aliphatic rings. The molecular weight excluding hydrogens is 442 g/mol. The second-order valence-electron chi connectivity index (χ2n) is 6.91. The van der Waals surface area contributed by atoms with Gasteiger partial charge in [0.1, 0.15) is 0 Å². The molecule has 0 aliphatic carbocycles. The third kappa shape index (κ3) is 5.03. The minimum absolute atomic E-state index is 0.126. The fourth-order valence-corrected chi connectivity index (χ4v) is 4.62. The number of benzene rings is 2. The number of aliphatic imine (C=N–C) groups is 1. The van der Waals surface area contributed by atoms with Crippen molar-refractivity contribution < 1.29 is 14.3 Å². The van der Waals surface area contributed by atoms with Gasteiger partial charge in [-0.15, -0.1) is 11.3 Å². The van der Waals surface area contributed by atoms with E-state index in [9.17, 15) is 4.79 Å². The SMILES string of the molecule is CCCCOc1ccc(/C=C2\S/C(=N/c3nccs3)N(c3ccccc3)C2=O)cc1OC. The molecule has 6 nitrogen and oxygen atoms in total. The first kappa shape index (κ1) is 22.1. The third-order valence-electron chi connectivity index (χ3n) is 4.67. The molecule has 1 fully saturated rings. The van der Waals surface area contributed by atoms with Crippen LogP contribution in [0.15, 0.2) is 70.0 Å². The van der Waals surface area contributed by atoms with Crippen molar-refractivity contribution in [2.45, 2.75) is 19.8 Å². The van der Waals surface area contributed by atoms with Crippen molar-refractivity contribution in [3.63, 3.8) is 0 Å². The normalized spacial score (nSPS) is 16.2. The monoisotopic (exact) mass is 465 g/mol. The van der Waals surface area contributed by atoms with Crippen molar-refractivity contribution in [3.05, 3.63) is 70.6 Å². The van der Waals surface area contributed by atoms with E-state index >= 15 is 0 Å². The number of para-hydroxylation sites is 1. The van der Waals surface area contributed by atoms with E-state index in [4.69, 9.17) is 9.47 Å². The maximum absolute atomic E-state index is 13.3. The summed E-state index contributed by atoms with van der Waals surface area (Å²) >= 11 is 2.76. The van der Waals surface area contributed by atoms with E-state index in [1.54, 1.807) is 18.2 Å². The molecule has 0 bridgehead atoms. The van der Waals surface area contributed by atoms with E-state index < -0.39 is 0 Å². The Bertz CT molecular complexity index is 1130. The number of aromatic nitrogens is 1. The zero-order valence-corrected chi connectivity index (χ0v) is 19.5. The Balaban J connectivity index is 1.65. The van der Waals surface area contributed by atoms with Gasteiger partial charge in [-0.1, -0.05) is 37.6 Å². The number of methoxy groups -OCH3 is 1. The van der Waals surface area contributed by atoms with Crippen LogP contribution in [-0.4, -0.2) is 29.8 Å². The van der Waals surface area contributed by atoms with Crippen molar-refractivity contribution in [2.24, 2.45) is 4.99 Å². The van der Waals surface area contributed by atoms with Gasteiger partial charge in [-0.25, -0.2) is 4.98 Å². The quantitative estimate of drug-likeness (QED) is 0.295. The van der Waals surface area contributed by atoms with Crippen LogP contribution in [0.1, 0.15) is 25.3 Å². The first-order valence-electron chi connectivity index (χ1n) is 10.3. The van der Waals surface area contributed by atoms with Crippen LogP contribution in [0.2, 0.25) is 0 Å². The molecule has 1 aliphatic heterocycles. The van der Waals surface area contributed by atoms with Crippen molar-refractivity contribution in [2.75, 3.05) is 18.6 Å². The zero-order valence-electron chi connectivity index (χ0n) is 17.9. The van der Waals surface area contributed by atoms with Crippen LogP contribution in [0.25, 0.3) is 6.08 Å². The van der Waals surface area contributed by atoms with E-state index in [2.05, 4.69) is 16.9 Å². The summed E-state index contributed by atoms with van der Waals surface area (Å²) in [4.78, 5) is 24.4. The molecule has 0 unspecified atom stereocenters. The molecule has 0 N–H and O–H groups in total. The number of amidine groups is 1. The van der Waals surface area contributed by atoms with Gasteiger partial charge in [0.15, 0.2) is 16.7 Å². The third-order valence-corrected chi connectivity index (χ3v) is 6.31. The molecule has 1 amide bonds. The number of carbonyl (C=O) groups excluding carboxylic acids is 1. The lowest BCUT2D eigenvalue weighted by atomic mass is 10.1. The standard InChI is InChI=1S/C24H23N3O3S2/c1-3-4-13-30-19-11-10-17(15-20(19)29-2)16-21-22(28)27(18-8-6-5-7-9-18)24(32-21)26-23-25-12-14-31-23/h5-12,14-16H,3-4,13H2,1-2H3/b21-16-,26-24+. The Kier molecular flexibility index (Phi) is 7.24. The van der Waals surface area contributed by atoms with Crippen LogP contribution in [0, 0.1) is 0 Å². The summed E-state index contributed by atoms with van der Waals surface area (Å²) in [5, 5.41) is 3.05. The zero-order chi connectivity index (χ0) is 22.3. The second kappa shape index (κ2) is 10.5. The average molecular weight is 466 g/mol. The number of thiazole rings is 1. The fraction of sp³-hybridized carbons (Fsp3) is 0.208. The number of hydrogen-bond acceptors (Lipinski definition) is 7. The lowest BCUT2D eigenvalue weighted by Crippen LogP contribution is -2.28. The Morgan fingerprint density at radius 1 is 1.16 bits per heavy atom. The van der Waals surface area contributed by atoms with Crippen LogP contribution in [0.3, 0.4) is 0 Å². The van der Waals surface area contributed by atoms with Gasteiger partial charge in [-0.3, -0.25) is 9.69 Å². The summed E-state index contributed by atoms with van der Waals surface area (Å²) in [6.45, 7) is 2.77. The van der Waals surface area contributed by atoms with E-state index in [0.717, 1.165) is 24.1 Å². The van der Waals surface area contributed by atoms with Gasteiger partial charge in [0.2, 0.25) is 5.13 Å². The average Bonchev–Trinajstić information content (AvgIpc) is 3.43. The Labute approximate surface area is 195 Å². The molecule has 0 atom stereocenters. The number of unbranched alkanes of at least 4 members (excludes halogenated alkanes) is 1. The van der Waals surface area contributed by atoms with Crippen molar-refractivity contribution in [3.8, 4) is 11.5 Å². The summed E-state index contributed by atoms with van der Waals surface area (Å²) in [5.74, 6) is 1.21. The number of rotatable bonds is 8. The van der Waals surface area contributed by atoms with Gasteiger partial charge in [0.05, 0.1) is 24.3 Å². The molecule has 2 heterocycles. The molecule has 2 aromatic carbocycles. The van der Waals surface area contributed by atoms with E-state index in [1.165, 1.54) is 23.1 Å². The molecule has 1 aromatic heterocycles. The highest BCUT2D eigenvalue weighted by atomic mass is 32.2. The lowest BCUT2D eigenvalue weighted by Gasteiger charge is -2.14. The lowest BCUT2D eigenvalue weighted by molar-refractivity contribution is -0.113. The maximum Gasteiger partial charge on any atom is 0.271 e. The predicted molar refractivity (Wildman–Crippen MR) is 132 cm³/mol. The highest BCUT2D eigenvalue weighted by molar-refractivity contribution is 8.19. The summed E-state index contributed by atoms with van der Waals surface area (Å²) in [7, 11) is 1.62. The van der Waals surface area contributed by atoms with Gasteiger partial charge < -0.3 is 9.47 Å². The van der Waals surface area contributed by atoms with Gasteiger partial charge in [0.25, 0.3) is 5.91 Å². The Morgan fingerprint density at radius 2 is 2.00 bits per heavy atom. The highest BCUT2D eigenvalue weighted by Crippen LogP contribution is 2.38. The van der Waals surface area contributed by atoms with E-state index in [-0.39, 0.29) is 5.91 Å². The summed E-state index contributed by atoms with van der Waals surface area (Å²) in [5.41, 5.74) is 1.62. The molecule has 0 radical (unpaired) electrons. The maximum atomic E-state index is 13.3.